The van der Waals surface area contributed by atoms with E-state index in [9.17, 15) is 9.59 Å². The topological polar surface area (TPSA) is 64.7 Å². The smallest absolute Gasteiger partial charge is 0.266 e. The van der Waals surface area contributed by atoms with Crippen LogP contribution < -0.4 is 10.7 Å². The molecule has 0 spiro atoms. The van der Waals surface area contributed by atoms with Crippen molar-refractivity contribution >= 4 is 69.4 Å². The van der Waals surface area contributed by atoms with E-state index in [1.165, 1.54) is 4.90 Å². The molecule has 2 amide bonds. The van der Waals surface area contributed by atoms with Crippen LogP contribution in [0.2, 0.25) is 10.0 Å². The largest absolute Gasteiger partial charge is 0.314 e. The van der Waals surface area contributed by atoms with Crippen molar-refractivity contribution in [1.82, 2.24) is 20.7 Å². The van der Waals surface area contributed by atoms with E-state index in [-0.39, 0.29) is 18.4 Å². The Labute approximate surface area is 170 Å². The van der Waals surface area contributed by atoms with Gasteiger partial charge < -0.3 is 5.32 Å². The van der Waals surface area contributed by atoms with Gasteiger partial charge in [-0.3, -0.25) is 19.9 Å². The van der Waals surface area contributed by atoms with Crippen molar-refractivity contribution < 1.29 is 9.59 Å². The summed E-state index contributed by atoms with van der Waals surface area (Å²) in [5.41, 5.74) is 3.36. The molecule has 26 heavy (non-hydrogen) atoms. The zero-order valence-corrected chi connectivity index (χ0v) is 16.8. The van der Waals surface area contributed by atoms with Crippen LogP contribution in [0.4, 0.5) is 0 Å². The molecule has 0 saturated carbocycles. The Morgan fingerprint density at radius 3 is 2.62 bits per heavy atom. The van der Waals surface area contributed by atoms with Gasteiger partial charge in [-0.2, -0.15) is 0 Å². The van der Waals surface area contributed by atoms with E-state index in [1.807, 2.05) is 5.01 Å². The number of benzene rings is 1. The molecular formula is C16H16Cl2N4O2S2. The minimum Gasteiger partial charge on any atom is -0.314 e. The molecule has 0 unspecified atom stereocenters. The molecule has 6 nitrogen and oxygen atoms in total. The normalized spacial score (nSPS) is 20.1. The molecule has 2 fully saturated rings. The fourth-order valence-electron chi connectivity index (χ4n) is 2.55. The van der Waals surface area contributed by atoms with E-state index in [0.717, 1.165) is 37.9 Å². The van der Waals surface area contributed by atoms with Crippen LogP contribution in [-0.2, 0) is 9.59 Å². The Morgan fingerprint density at radius 2 is 1.96 bits per heavy atom. The zero-order valence-electron chi connectivity index (χ0n) is 13.6. The molecule has 0 radical (unpaired) electrons. The van der Waals surface area contributed by atoms with Gasteiger partial charge in [-0.1, -0.05) is 53.2 Å². The van der Waals surface area contributed by atoms with Crippen LogP contribution in [0.15, 0.2) is 23.1 Å². The van der Waals surface area contributed by atoms with Gasteiger partial charge in [-0.15, -0.1) is 0 Å². The van der Waals surface area contributed by atoms with Gasteiger partial charge in [0.1, 0.15) is 10.9 Å². The van der Waals surface area contributed by atoms with E-state index in [4.69, 9.17) is 35.4 Å². The predicted molar refractivity (Wildman–Crippen MR) is 109 cm³/mol. The summed E-state index contributed by atoms with van der Waals surface area (Å²) in [6.07, 6.45) is 1.61. The Morgan fingerprint density at radius 1 is 1.31 bits per heavy atom. The highest BCUT2D eigenvalue weighted by Gasteiger charge is 2.34. The predicted octanol–water partition coefficient (Wildman–Crippen LogP) is 2.13. The number of carbonyl (C=O) groups is 2. The molecule has 2 N–H and O–H groups in total. The molecule has 2 saturated heterocycles. The number of hydrazine groups is 1. The lowest BCUT2D eigenvalue weighted by atomic mass is 10.2. The molecule has 2 aliphatic rings. The molecule has 0 aromatic heterocycles. The third-order valence-corrected chi connectivity index (χ3v) is 5.89. The Hall–Kier alpha value is -1.16. The molecule has 0 atom stereocenters. The van der Waals surface area contributed by atoms with Gasteiger partial charge in [0, 0.05) is 41.8 Å². The van der Waals surface area contributed by atoms with E-state index < -0.39 is 0 Å². The fraction of sp³-hybridized carbons (Fsp3) is 0.312. The van der Waals surface area contributed by atoms with Gasteiger partial charge in [0.25, 0.3) is 11.8 Å². The van der Waals surface area contributed by atoms with Crippen LogP contribution in [-0.4, -0.2) is 58.8 Å². The Kier molecular flexibility index (Phi) is 6.55. The third kappa shape index (κ3) is 4.57. The summed E-state index contributed by atoms with van der Waals surface area (Å²) in [6.45, 7) is 2.93. The SMILES string of the molecule is O=C(CN1C(=O)/C(=C/c2c(Cl)cccc2Cl)SC1=S)NN1CCNCC1. The quantitative estimate of drug-likeness (QED) is 0.563. The Balaban J connectivity index is 1.68. The lowest BCUT2D eigenvalue weighted by Gasteiger charge is -2.28. The first-order chi connectivity index (χ1) is 12.5. The second-order valence-corrected chi connectivity index (χ2v) is 8.17. The summed E-state index contributed by atoms with van der Waals surface area (Å²) in [5.74, 6) is -0.605. The van der Waals surface area contributed by atoms with Crippen LogP contribution in [0.3, 0.4) is 0 Å². The van der Waals surface area contributed by atoms with Crippen molar-refractivity contribution in [2.75, 3.05) is 32.7 Å². The standard InChI is InChI=1S/C16H16Cl2N4O2S2/c17-11-2-1-3-12(18)10(11)8-13-15(24)22(16(25)26-13)9-14(23)20-21-6-4-19-5-7-21/h1-3,8,19H,4-7,9H2,(H,20,23)/b13-8-. The van der Waals surface area contributed by atoms with Crippen LogP contribution in [0.25, 0.3) is 6.08 Å². The number of thiocarbonyl (C=S) groups is 1. The summed E-state index contributed by atoms with van der Waals surface area (Å²) >= 11 is 18.7. The molecule has 0 bridgehead atoms. The summed E-state index contributed by atoms with van der Waals surface area (Å²) in [7, 11) is 0. The molecule has 1 aromatic carbocycles. The lowest BCUT2D eigenvalue weighted by molar-refractivity contribution is -0.131. The number of carbonyl (C=O) groups excluding carboxylic acids is 2. The zero-order chi connectivity index (χ0) is 18.7. The van der Waals surface area contributed by atoms with Crippen molar-refractivity contribution in [2.45, 2.75) is 0 Å². The average molecular weight is 431 g/mol. The highest BCUT2D eigenvalue weighted by Crippen LogP contribution is 2.35. The summed E-state index contributed by atoms with van der Waals surface area (Å²) in [5, 5.41) is 5.92. The number of thioether (sulfide) groups is 1. The maximum absolute atomic E-state index is 12.6. The second kappa shape index (κ2) is 8.69. The lowest BCUT2D eigenvalue weighted by Crippen LogP contribution is -2.54. The van der Waals surface area contributed by atoms with E-state index in [0.29, 0.717) is 24.8 Å². The number of hydrogen-bond acceptors (Lipinski definition) is 6. The minimum absolute atomic E-state index is 0.123. The number of rotatable bonds is 4. The maximum atomic E-state index is 12.6. The fourth-order valence-corrected chi connectivity index (χ4v) is 4.29. The molecular weight excluding hydrogens is 415 g/mol. The van der Waals surface area contributed by atoms with Crippen molar-refractivity contribution in [3.63, 3.8) is 0 Å². The van der Waals surface area contributed by atoms with E-state index in [2.05, 4.69) is 10.7 Å². The third-order valence-electron chi connectivity index (χ3n) is 3.85. The van der Waals surface area contributed by atoms with Crippen molar-refractivity contribution in [1.29, 1.82) is 0 Å². The minimum atomic E-state index is -0.327. The maximum Gasteiger partial charge on any atom is 0.266 e. The molecule has 138 valence electrons. The molecule has 1 aromatic rings. The molecule has 0 aliphatic carbocycles. The summed E-state index contributed by atoms with van der Waals surface area (Å²) < 4.78 is 0.333. The van der Waals surface area contributed by atoms with Crippen LogP contribution in [0, 0.1) is 0 Å². The molecule has 2 heterocycles. The first-order valence-corrected chi connectivity index (χ1v) is 9.88. The van der Waals surface area contributed by atoms with Gasteiger partial charge in [-0.25, -0.2) is 5.01 Å². The van der Waals surface area contributed by atoms with Crippen LogP contribution in [0.5, 0.6) is 0 Å². The average Bonchev–Trinajstić information content (AvgIpc) is 2.86. The number of amides is 2. The Bertz CT molecular complexity index is 761. The van der Waals surface area contributed by atoms with Gasteiger partial charge in [0.05, 0.1) is 4.91 Å². The molecule has 10 heteroatoms. The monoisotopic (exact) mass is 430 g/mol. The van der Waals surface area contributed by atoms with Crippen molar-refractivity contribution in [3.05, 3.63) is 38.7 Å². The number of nitrogens with one attached hydrogen (secondary N) is 2. The molecule has 3 rings (SSSR count). The van der Waals surface area contributed by atoms with Crippen molar-refractivity contribution in [2.24, 2.45) is 0 Å². The van der Waals surface area contributed by atoms with Crippen LogP contribution >= 0.6 is 47.2 Å². The van der Waals surface area contributed by atoms with Gasteiger partial charge >= 0.3 is 0 Å². The highest BCUT2D eigenvalue weighted by molar-refractivity contribution is 8.26. The van der Waals surface area contributed by atoms with Crippen LogP contribution in [0.1, 0.15) is 5.56 Å². The highest BCUT2D eigenvalue weighted by atomic mass is 35.5. The van der Waals surface area contributed by atoms with Gasteiger partial charge in [-0.05, 0) is 18.2 Å². The second-order valence-electron chi connectivity index (χ2n) is 5.68. The van der Waals surface area contributed by atoms with Crippen molar-refractivity contribution in [3.8, 4) is 0 Å². The summed E-state index contributed by atoms with van der Waals surface area (Å²) in [4.78, 5) is 26.5. The number of piperazine rings is 1. The van der Waals surface area contributed by atoms with E-state index >= 15 is 0 Å². The van der Waals surface area contributed by atoms with Gasteiger partial charge in [0.2, 0.25) is 0 Å². The number of nitrogens with zero attached hydrogens (tertiary/aromatic N) is 2. The number of halogens is 2. The van der Waals surface area contributed by atoms with E-state index in [1.54, 1.807) is 24.3 Å². The van der Waals surface area contributed by atoms with Gasteiger partial charge in [0.15, 0.2) is 0 Å². The number of hydrogen-bond donors (Lipinski definition) is 2. The first-order valence-electron chi connectivity index (χ1n) is 7.90. The summed E-state index contributed by atoms with van der Waals surface area (Å²) in [6, 6.07) is 5.12. The molecule has 2 aliphatic heterocycles. The first kappa shape index (κ1) is 19.6.